The molecular weight excluding hydrogens is 459 g/mol. The average molecular weight is 483 g/mol. The summed E-state index contributed by atoms with van der Waals surface area (Å²) in [7, 11) is 0. The van der Waals surface area contributed by atoms with Gasteiger partial charge < -0.3 is 20.6 Å². The number of aromatic carboxylic acids is 1. The Bertz CT molecular complexity index is 1180. The molecule has 1 aromatic heterocycles. The zero-order valence-electron chi connectivity index (χ0n) is 18.2. The summed E-state index contributed by atoms with van der Waals surface area (Å²) in [5, 5.41) is 17.0. The van der Waals surface area contributed by atoms with Crippen molar-refractivity contribution in [3.63, 3.8) is 0 Å². The summed E-state index contributed by atoms with van der Waals surface area (Å²) in [6.45, 7) is 2.43. The van der Waals surface area contributed by atoms with Gasteiger partial charge in [-0.1, -0.05) is 6.07 Å². The molecule has 1 aliphatic rings. The molecule has 1 saturated heterocycles. The van der Waals surface area contributed by atoms with Gasteiger partial charge in [0.2, 0.25) is 5.91 Å². The lowest BCUT2D eigenvalue weighted by Crippen LogP contribution is -2.49. The van der Waals surface area contributed by atoms with Gasteiger partial charge >= 0.3 is 5.97 Å². The fourth-order valence-corrected chi connectivity index (χ4v) is 4.36. The quantitative estimate of drug-likeness (QED) is 0.476. The smallest absolute Gasteiger partial charge is 0.337 e. The average Bonchev–Trinajstić information content (AvgIpc) is 3.36. The van der Waals surface area contributed by atoms with E-state index in [1.165, 1.54) is 41.7 Å². The summed E-state index contributed by atoms with van der Waals surface area (Å²) in [5.41, 5.74) is 1.61. The summed E-state index contributed by atoms with van der Waals surface area (Å²) < 4.78 is 13.0. The fourth-order valence-electron chi connectivity index (χ4n) is 3.75. The molecule has 2 amide bonds. The van der Waals surface area contributed by atoms with Crippen LogP contribution in [0.1, 0.15) is 20.0 Å². The highest BCUT2D eigenvalue weighted by Gasteiger charge is 2.23. The van der Waals surface area contributed by atoms with Crippen LogP contribution in [0.3, 0.4) is 0 Å². The van der Waals surface area contributed by atoms with Gasteiger partial charge in [-0.2, -0.15) is 0 Å². The van der Waals surface area contributed by atoms with Gasteiger partial charge in [-0.3, -0.25) is 14.5 Å². The fraction of sp³-hybridized carbons (Fsp3) is 0.208. The number of thiophene rings is 1. The van der Waals surface area contributed by atoms with Crippen LogP contribution < -0.4 is 15.5 Å². The topological polar surface area (TPSA) is 102 Å². The maximum Gasteiger partial charge on any atom is 0.337 e. The standard InChI is InChI=1S/C24H23FN4O4S/c25-16-3-5-17(6-4-16)26-22(30)15-28-9-11-29(12-10-28)20-8-7-18(14-19(20)24(32)33)27-23(31)21-2-1-13-34-21/h1-8,13-14H,9-12,15H2,(H,26,30)(H,27,31)(H,32,33). The first-order valence-electron chi connectivity index (χ1n) is 10.6. The molecule has 3 aromatic rings. The Kier molecular flexibility index (Phi) is 7.19. The number of nitrogens with zero attached hydrogens (tertiary/aromatic N) is 2. The van der Waals surface area contributed by atoms with Crippen LogP contribution in [0, 0.1) is 5.82 Å². The molecule has 1 fully saturated rings. The first-order chi connectivity index (χ1) is 16.4. The van der Waals surface area contributed by atoms with E-state index in [1.807, 2.05) is 9.80 Å². The van der Waals surface area contributed by atoms with E-state index in [4.69, 9.17) is 0 Å². The normalized spacial score (nSPS) is 14.0. The van der Waals surface area contributed by atoms with E-state index in [1.54, 1.807) is 29.6 Å². The SMILES string of the molecule is O=C(CN1CCN(c2ccc(NC(=O)c3cccs3)cc2C(=O)O)CC1)Nc1ccc(F)cc1. The third-order valence-electron chi connectivity index (χ3n) is 5.44. The van der Waals surface area contributed by atoms with Gasteiger partial charge in [0.1, 0.15) is 5.82 Å². The number of halogens is 1. The minimum atomic E-state index is -1.08. The highest BCUT2D eigenvalue weighted by Crippen LogP contribution is 2.26. The van der Waals surface area contributed by atoms with E-state index in [9.17, 15) is 23.9 Å². The van der Waals surface area contributed by atoms with Crippen LogP contribution in [0.4, 0.5) is 21.5 Å². The number of hydrogen-bond donors (Lipinski definition) is 3. The zero-order chi connectivity index (χ0) is 24.1. The number of hydrogen-bond acceptors (Lipinski definition) is 6. The summed E-state index contributed by atoms with van der Waals surface area (Å²) in [5.74, 6) is -1.93. The van der Waals surface area contributed by atoms with Crippen molar-refractivity contribution in [1.29, 1.82) is 0 Å². The molecule has 0 unspecified atom stereocenters. The van der Waals surface area contributed by atoms with E-state index >= 15 is 0 Å². The Balaban J connectivity index is 1.35. The molecule has 0 bridgehead atoms. The number of nitrogens with one attached hydrogen (secondary N) is 2. The second kappa shape index (κ2) is 10.4. The maximum atomic E-state index is 13.0. The summed E-state index contributed by atoms with van der Waals surface area (Å²) in [6, 6.07) is 13.9. The summed E-state index contributed by atoms with van der Waals surface area (Å²) in [6.07, 6.45) is 0. The predicted octanol–water partition coefficient (Wildman–Crippen LogP) is 3.60. The van der Waals surface area contributed by atoms with E-state index in [0.717, 1.165) is 0 Å². The second-order valence-electron chi connectivity index (χ2n) is 7.79. The number of benzene rings is 2. The van der Waals surface area contributed by atoms with Crippen molar-refractivity contribution in [3.05, 3.63) is 76.2 Å². The highest BCUT2D eigenvalue weighted by molar-refractivity contribution is 7.12. The van der Waals surface area contributed by atoms with Crippen LogP contribution in [-0.2, 0) is 4.79 Å². The highest BCUT2D eigenvalue weighted by atomic mass is 32.1. The Morgan fingerprint density at radius 3 is 2.29 bits per heavy atom. The van der Waals surface area contributed by atoms with Crippen LogP contribution in [-0.4, -0.2) is 60.5 Å². The van der Waals surface area contributed by atoms with E-state index in [0.29, 0.717) is 48.1 Å². The molecule has 2 heterocycles. The minimum absolute atomic E-state index is 0.103. The molecule has 3 N–H and O–H groups in total. The third kappa shape index (κ3) is 5.77. The largest absolute Gasteiger partial charge is 0.478 e. The molecule has 0 radical (unpaired) electrons. The van der Waals surface area contributed by atoms with E-state index in [-0.39, 0.29) is 29.7 Å². The monoisotopic (exact) mass is 482 g/mol. The third-order valence-corrected chi connectivity index (χ3v) is 6.31. The Morgan fingerprint density at radius 2 is 1.65 bits per heavy atom. The number of carboxylic acids is 1. The van der Waals surface area contributed by atoms with Crippen LogP contribution >= 0.6 is 11.3 Å². The van der Waals surface area contributed by atoms with E-state index in [2.05, 4.69) is 10.6 Å². The van der Waals surface area contributed by atoms with Gasteiger partial charge in [-0.15, -0.1) is 11.3 Å². The minimum Gasteiger partial charge on any atom is -0.478 e. The van der Waals surface area contributed by atoms with Crippen molar-refractivity contribution in [2.45, 2.75) is 0 Å². The molecule has 1 aliphatic heterocycles. The molecule has 176 valence electrons. The Labute approximate surface area is 199 Å². The molecule has 0 aliphatic carbocycles. The van der Waals surface area contributed by atoms with Gasteiger partial charge in [-0.25, -0.2) is 9.18 Å². The Hall–Kier alpha value is -3.76. The van der Waals surface area contributed by atoms with Crippen LogP contribution in [0.15, 0.2) is 60.0 Å². The van der Waals surface area contributed by atoms with Crippen LogP contribution in [0.2, 0.25) is 0 Å². The van der Waals surface area contributed by atoms with Crippen LogP contribution in [0.25, 0.3) is 0 Å². The van der Waals surface area contributed by atoms with Gasteiger partial charge in [-0.05, 0) is 53.9 Å². The number of carboxylic acid groups (broad SMARTS) is 1. The van der Waals surface area contributed by atoms with E-state index < -0.39 is 5.97 Å². The lowest BCUT2D eigenvalue weighted by molar-refractivity contribution is -0.117. The van der Waals surface area contributed by atoms with Gasteiger partial charge in [0.25, 0.3) is 5.91 Å². The molecule has 10 heteroatoms. The second-order valence-corrected chi connectivity index (χ2v) is 8.73. The molecule has 34 heavy (non-hydrogen) atoms. The lowest BCUT2D eigenvalue weighted by atomic mass is 10.1. The zero-order valence-corrected chi connectivity index (χ0v) is 19.0. The molecule has 4 rings (SSSR count). The number of rotatable bonds is 7. The molecule has 2 aromatic carbocycles. The molecule has 0 saturated carbocycles. The van der Waals surface area contributed by atoms with Crippen LogP contribution in [0.5, 0.6) is 0 Å². The predicted molar refractivity (Wildman–Crippen MR) is 129 cm³/mol. The van der Waals surface area contributed by atoms with Crippen molar-refractivity contribution >= 4 is 46.2 Å². The van der Waals surface area contributed by atoms with Crippen molar-refractivity contribution < 1.29 is 23.9 Å². The van der Waals surface area contributed by atoms with Crippen molar-refractivity contribution in [2.24, 2.45) is 0 Å². The molecule has 8 nitrogen and oxygen atoms in total. The molecule has 0 spiro atoms. The van der Waals surface area contributed by atoms with Gasteiger partial charge in [0.05, 0.1) is 22.7 Å². The summed E-state index contributed by atoms with van der Waals surface area (Å²) >= 11 is 1.31. The summed E-state index contributed by atoms with van der Waals surface area (Å²) in [4.78, 5) is 41.0. The molecular formula is C24H23FN4O4S. The Morgan fingerprint density at radius 1 is 0.941 bits per heavy atom. The van der Waals surface area contributed by atoms with Gasteiger partial charge in [0.15, 0.2) is 0 Å². The number of carbonyl (C=O) groups is 3. The number of piperazine rings is 1. The lowest BCUT2D eigenvalue weighted by Gasteiger charge is -2.36. The van der Waals surface area contributed by atoms with Gasteiger partial charge in [0, 0.05) is 37.6 Å². The number of amides is 2. The first kappa shape index (κ1) is 23.4. The molecule has 0 atom stereocenters. The van der Waals surface area contributed by atoms with Crippen molar-refractivity contribution in [1.82, 2.24) is 4.90 Å². The number of anilines is 3. The first-order valence-corrected chi connectivity index (χ1v) is 11.5. The number of carbonyl (C=O) groups excluding carboxylic acids is 2. The maximum absolute atomic E-state index is 13.0. The van der Waals surface area contributed by atoms with Crippen molar-refractivity contribution in [2.75, 3.05) is 48.3 Å². The van der Waals surface area contributed by atoms with Crippen molar-refractivity contribution in [3.8, 4) is 0 Å².